The SMILES string of the molecule is CCN(C)C(=O)Oc1ccc2c(c1)C(=NO)COC2. The summed E-state index contributed by atoms with van der Waals surface area (Å²) in [5.74, 6) is 0.423. The zero-order valence-corrected chi connectivity index (χ0v) is 10.9. The minimum atomic E-state index is -0.419. The topological polar surface area (TPSA) is 71.4 Å². The summed E-state index contributed by atoms with van der Waals surface area (Å²) in [6, 6.07) is 5.19. The zero-order chi connectivity index (χ0) is 13.8. The number of fused-ring (bicyclic) bond motifs is 1. The van der Waals surface area contributed by atoms with Gasteiger partial charge in [0.15, 0.2) is 0 Å². The summed E-state index contributed by atoms with van der Waals surface area (Å²) < 4.78 is 10.5. The van der Waals surface area contributed by atoms with E-state index in [1.165, 1.54) is 4.90 Å². The van der Waals surface area contributed by atoms with Gasteiger partial charge in [0.2, 0.25) is 0 Å². The maximum atomic E-state index is 11.7. The molecule has 6 nitrogen and oxygen atoms in total. The Morgan fingerprint density at radius 2 is 2.32 bits per heavy atom. The fourth-order valence-corrected chi connectivity index (χ4v) is 1.74. The standard InChI is InChI=1S/C13H16N2O4/c1-3-15(2)13(16)19-10-5-4-9-7-18-8-12(14-17)11(9)6-10/h4-6,17H,3,7-8H2,1-2H3. The molecule has 0 saturated carbocycles. The lowest BCUT2D eigenvalue weighted by Crippen LogP contribution is -2.29. The van der Waals surface area contributed by atoms with Crippen molar-refractivity contribution < 1.29 is 19.5 Å². The van der Waals surface area contributed by atoms with Gasteiger partial charge in [-0.15, -0.1) is 0 Å². The molecule has 1 aromatic rings. The lowest BCUT2D eigenvalue weighted by molar-refractivity contribution is 0.148. The summed E-state index contributed by atoms with van der Waals surface area (Å²) in [4.78, 5) is 13.1. The van der Waals surface area contributed by atoms with Crippen LogP contribution in [0.25, 0.3) is 0 Å². The number of hydrogen-bond donors (Lipinski definition) is 1. The van der Waals surface area contributed by atoms with Gasteiger partial charge in [-0.05, 0) is 24.6 Å². The molecule has 1 heterocycles. The van der Waals surface area contributed by atoms with E-state index in [0.717, 1.165) is 11.1 Å². The average molecular weight is 264 g/mol. The molecular formula is C13H16N2O4. The minimum Gasteiger partial charge on any atom is -0.411 e. The third-order valence-electron chi connectivity index (χ3n) is 3.00. The third kappa shape index (κ3) is 2.85. The van der Waals surface area contributed by atoms with Crippen molar-refractivity contribution >= 4 is 11.8 Å². The third-order valence-corrected chi connectivity index (χ3v) is 3.00. The number of benzene rings is 1. The number of rotatable bonds is 2. The van der Waals surface area contributed by atoms with Crippen LogP contribution in [0.5, 0.6) is 5.75 Å². The molecule has 1 aromatic carbocycles. The first-order valence-electron chi connectivity index (χ1n) is 6.00. The molecular weight excluding hydrogens is 248 g/mol. The summed E-state index contributed by atoms with van der Waals surface area (Å²) in [6.07, 6.45) is -0.419. The number of oxime groups is 1. The van der Waals surface area contributed by atoms with E-state index >= 15 is 0 Å². The summed E-state index contributed by atoms with van der Waals surface area (Å²) in [6.45, 7) is 3.14. The highest BCUT2D eigenvalue weighted by atomic mass is 16.6. The van der Waals surface area contributed by atoms with E-state index in [1.807, 2.05) is 6.92 Å². The minimum absolute atomic E-state index is 0.246. The maximum Gasteiger partial charge on any atom is 0.414 e. The van der Waals surface area contributed by atoms with Gasteiger partial charge >= 0.3 is 6.09 Å². The second-order valence-corrected chi connectivity index (χ2v) is 4.24. The van der Waals surface area contributed by atoms with E-state index in [2.05, 4.69) is 5.16 Å². The van der Waals surface area contributed by atoms with Crippen LogP contribution >= 0.6 is 0 Å². The van der Waals surface area contributed by atoms with Gasteiger partial charge in [-0.25, -0.2) is 4.79 Å². The Morgan fingerprint density at radius 3 is 3.00 bits per heavy atom. The summed E-state index contributed by atoms with van der Waals surface area (Å²) in [5, 5.41) is 12.1. The predicted octanol–water partition coefficient (Wildman–Crippen LogP) is 1.85. The van der Waals surface area contributed by atoms with Crippen molar-refractivity contribution in [3.05, 3.63) is 29.3 Å². The van der Waals surface area contributed by atoms with E-state index in [0.29, 0.717) is 24.6 Å². The first-order chi connectivity index (χ1) is 9.15. The molecule has 0 unspecified atom stereocenters. The molecule has 6 heteroatoms. The number of ether oxygens (including phenoxy) is 2. The van der Waals surface area contributed by atoms with Crippen molar-refractivity contribution in [2.75, 3.05) is 20.2 Å². The molecule has 0 aromatic heterocycles. The van der Waals surface area contributed by atoms with Crippen LogP contribution in [-0.2, 0) is 11.3 Å². The number of carbonyl (C=O) groups excluding carboxylic acids is 1. The van der Waals surface area contributed by atoms with Gasteiger partial charge in [-0.3, -0.25) is 0 Å². The van der Waals surface area contributed by atoms with Crippen LogP contribution in [0.1, 0.15) is 18.1 Å². The van der Waals surface area contributed by atoms with Crippen molar-refractivity contribution in [1.82, 2.24) is 4.90 Å². The van der Waals surface area contributed by atoms with Crippen molar-refractivity contribution in [2.24, 2.45) is 5.16 Å². The number of amides is 1. The first-order valence-corrected chi connectivity index (χ1v) is 6.00. The van der Waals surface area contributed by atoms with Crippen molar-refractivity contribution in [3.8, 4) is 5.75 Å². The zero-order valence-electron chi connectivity index (χ0n) is 10.9. The van der Waals surface area contributed by atoms with Gasteiger partial charge in [0.05, 0.1) is 13.2 Å². The lowest BCUT2D eigenvalue weighted by atomic mass is 10.0. The van der Waals surface area contributed by atoms with Crippen LogP contribution in [-0.4, -0.2) is 42.1 Å². The van der Waals surface area contributed by atoms with Crippen LogP contribution in [0, 0.1) is 0 Å². The Bertz CT molecular complexity index is 513. The van der Waals surface area contributed by atoms with Crippen LogP contribution < -0.4 is 4.74 Å². The number of carbonyl (C=O) groups is 1. The van der Waals surface area contributed by atoms with E-state index in [1.54, 1.807) is 25.2 Å². The molecule has 1 aliphatic rings. The Labute approximate surface area is 111 Å². The molecule has 1 aliphatic heterocycles. The van der Waals surface area contributed by atoms with Gasteiger partial charge < -0.3 is 19.6 Å². The molecule has 0 spiro atoms. The second-order valence-electron chi connectivity index (χ2n) is 4.24. The van der Waals surface area contributed by atoms with Crippen molar-refractivity contribution in [2.45, 2.75) is 13.5 Å². The highest BCUT2D eigenvalue weighted by Crippen LogP contribution is 2.23. The van der Waals surface area contributed by atoms with Gasteiger partial charge in [0.1, 0.15) is 11.5 Å². The normalized spacial score (nSPS) is 16.0. The van der Waals surface area contributed by atoms with E-state index in [4.69, 9.17) is 14.7 Å². The largest absolute Gasteiger partial charge is 0.414 e. The average Bonchev–Trinajstić information content (AvgIpc) is 2.45. The van der Waals surface area contributed by atoms with E-state index in [-0.39, 0.29) is 6.61 Å². The molecule has 0 atom stereocenters. The first kappa shape index (κ1) is 13.4. The second kappa shape index (κ2) is 5.71. The monoisotopic (exact) mass is 264 g/mol. The van der Waals surface area contributed by atoms with Gasteiger partial charge in [-0.1, -0.05) is 11.2 Å². The van der Waals surface area contributed by atoms with Crippen LogP contribution in [0.15, 0.2) is 23.4 Å². The summed E-state index contributed by atoms with van der Waals surface area (Å²) in [7, 11) is 1.66. The summed E-state index contributed by atoms with van der Waals surface area (Å²) in [5.41, 5.74) is 2.09. The van der Waals surface area contributed by atoms with Gasteiger partial charge in [-0.2, -0.15) is 0 Å². The molecule has 1 amide bonds. The fraction of sp³-hybridized carbons (Fsp3) is 0.385. The Kier molecular flexibility index (Phi) is 4.01. The van der Waals surface area contributed by atoms with Crippen LogP contribution in [0.3, 0.4) is 0 Å². The smallest absolute Gasteiger partial charge is 0.411 e. The van der Waals surface area contributed by atoms with E-state index in [9.17, 15) is 4.79 Å². The number of nitrogens with zero attached hydrogens (tertiary/aromatic N) is 2. The molecule has 0 aliphatic carbocycles. The quantitative estimate of drug-likeness (QED) is 0.653. The number of hydrogen-bond acceptors (Lipinski definition) is 5. The van der Waals surface area contributed by atoms with Crippen LogP contribution in [0.2, 0.25) is 0 Å². The van der Waals surface area contributed by atoms with E-state index < -0.39 is 6.09 Å². The Hall–Kier alpha value is -2.08. The highest BCUT2D eigenvalue weighted by molar-refractivity contribution is 6.03. The molecule has 0 fully saturated rings. The molecule has 1 N–H and O–H groups in total. The molecule has 0 bridgehead atoms. The Morgan fingerprint density at radius 1 is 1.53 bits per heavy atom. The van der Waals surface area contributed by atoms with Crippen LogP contribution in [0.4, 0.5) is 4.79 Å². The van der Waals surface area contributed by atoms with Gasteiger partial charge in [0.25, 0.3) is 0 Å². The van der Waals surface area contributed by atoms with Gasteiger partial charge in [0, 0.05) is 19.2 Å². The molecule has 102 valence electrons. The molecule has 0 radical (unpaired) electrons. The highest BCUT2D eigenvalue weighted by Gasteiger charge is 2.18. The van der Waals surface area contributed by atoms with Crippen molar-refractivity contribution in [3.63, 3.8) is 0 Å². The predicted molar refractivity (Wildman–Crippen MR) is 68.7 cm³/mol. The maximum absolute atomic E-state index is 11.7. The summed E-state index contributed by atoms with van der Waals surface area (Å²) >= 11 is 0. The molecule has 2 rings (SSSR count). The molecule has 0 saturated heterocycles. The van der Waals surface area contributed by atoms with Crippen molar-refractivity contribution in [1.29, 1.82) is 0 Å². The fourth-order valence-electron chi connectivity index (χ4n) is 1.74. The lowest BCUT2D eigenvalue weighted by Gasteiger charge is -2.19. The molecule has 19 heavy (non-hydrogen) atoms. The Balaban J connectivity index is 2.23.